The number of aliphatic hydroxyl groups is 1. The maximum absolute atomic E-state index is 9.32. The molecule has 0 radical (unpaired) electrons. The molecule has 4 fully saturated rings. The van der Waals surface area contributed by atoms with Crippen LogP contribution in [0.3, 0.4) is 0 Å². The normalized spacial score (nSPS) is 44.7. The summed E-state index contributed by atoms with van der Waals surface area (Å²) in [6, 6.07) is 0. The molecule has 0 amide bonds. The molecule has 0 spiro atoms. The van der Waals surface area contributed by atoms with E-state index >= 15 is 0 Å². The Kier molecular flexibility index (Phi) is 7.88. The lowest BCUT2D eigenvalue weighted by atomic mass is 9.47. The van der Waals surface area contributed by atoms with E-state index in [9.17, 15) is 5.11 Å². The van der Waals surface area contributed by atoms with Crippen LogP contribution < -0.4 is 0 Å². The van der Waals surface area contributed by atoms with Gasteiger partial charge in [0, 0.05) is 6.61 Å². The van der Waals surface area contributed by atoms with Gasteiger partial charge in [-0.3, -0.25) is 0 Å². The third kappa shape index (κ3) is 4.96. The van der Waals surface area contributed by atoms with Crippen LogP contribution in [-0.4, -0.2) is 30.7 Å². The summed E-state index contributed by atoms with van der Waals surface area (Å²) in [5, 5.41) is 9.32. The first-order chi connectivity index (χ1) is 16.8. The third-order valence-corrected chi connectivity index (χ3v) is 11.7. The molecule has 3 saturated carbocycles. The fraction of sp³-hybridized carbons (Fsp3) is 0.875. The van der Waals surface area contributed by atoms with Crippen molar-refractivity contribution in [2.45, 2.75) is 124 Å². The van der Waals surface area contributed by atoms with Gasteiger partial charge in [0.2, 0.25) is 0 Å². The molecule has 1 unspecified atom stereocenters. The van der Waals surface area contributed by atoms with E-state index in [2.05, 4.69) is 32.9 Å². The van der Waals surface area contributed by atoms with E-state index < -0.39 is 0 Å². The molecule has 198 valence electrons. The lowest BCUT2D eigenvalue weighted by molar-refractivity contribution is -0.195. The molecule has 9 atom stereocenters. The van der Waals surface area contributed by atoms with E-state index in [-0.39, 0.29) is 12.9 Å². The number of fused-ring (bicyclic) bond motifs is 5. The first-order valence-electron chi connectivity index (χ1n) is 15.1. The molecule has 35 heavy (non-hydrogen) atoms. The molecule has 3 nitrogen and oxygen atoms in total. The van der Waals surface area contributed by atoms with Crippen molar-refractivity contribution in [2.75, 3.05) is 13.2 Å². The van der Waals surface area contributed by atoms with Crippen molar-refractivity contribution < 1.29 is 14.6 Å². The van der Waals surface area contributed by atoms with Crippen molar-refractivity contribution in [3.63, 3.8) is 0 Å². The minimum atomic E-state index is 0.0471. The number of hydrogen-bond acceptors (Lipinski definition) is 3. The maximum Gasteiger partial charge on any atom is 0.157 e. The van der Waals surface area contributed by atoms with Gasteiger partial charge < -0.3 is 14.6 Å². The van der Waals surface area contributed by atoms with Crippen LogP contribution in [0.2, 0.25) is 0 Å². The van der Waals surface area contributed by atoms with Crippen LogP contribution in [0.15, 0.2) is 23.3 Å². The van der Waals surface area contributed by atoms with E-state index in [1.54, 1.807) is 5.57 Å². The fourth-order valence-electron chi connectivity index (χ4n) is 9.61. The Morgan fingerprint density at radius 1 is 1.14 bits per heavy atom. The summed E-state index contributed by atoms with van der Waals surface area (Å²) in [6.45, 7) is 10.9. The molecule has 1 N–H and O–H groups in total. The Balaban J connectivity index is 1.24. The molecule has 0 aromatic heterocycles. The minimum Gasteiger partial charge on any atom is -0.392 e. The molecular formula is C32H52O3. The Bertz CT molecular complexity index is 795. The van der Waals surface area contributed by atoms with Crippen LogP contribution in [-0.2, 0) is 9.47 Å². The molecule has 0 bridgehead atoms. The standard InChI is InChI=1S/C32H52O3/c1-22(21-33)8-7-9-23(2)27-13-14-28-26-12-11-24-20-25(35-30-10-5-6-19-34-30)15-17-31(24,3)29(26)16-18-32(27,28)4/h8,11,23,25-30,33H,5-7,9-10,12-21H2,1-4H3/b22-8+/t23-,25+,26+,27-,28+,29+,30?,31+,32-/m1/s1/i1+1. The van der Waals surface area contributed by atoms with Gasteiger partial charge in [0.05, 0.1) is 12.7 Å². The summed E-state index contributed by atoms with van der Waals surface area (Å²) in [6.07, 6.45) is 22.0. The van der Waals surface area contributed by atoms with Gasteiger partial charge in [0.25, 0.3) is 0 Å². The molecule has 3 heteroatoms. The van der Waals surface area contributed by atoms with E-state index in [0.717, 1.165) is 61.0 Å². The molecule has 1 heterocycles. The highest BCUT2D eigenvalue weighted by Crippen LogP contribution is 2.67. The molecule has 0 aromatic carbocycles. The zero-order valence-corrected chi connectivity index (χ0v) is 23.1. The van der Waals surface area contributed by atoms with Gasteiger partial charge in [-0.15, -0.1) is 0 Å². The van der Waals surface area contributed by atoms with Gasteiger partial charge >= 0.3 is 0 Å². The number of ether oxygens (including phenoxy) is 2. The van der Waals surface area contributed by atoms with Crippen molar-refractivity contribution in [1.29, 1.82) is 0 Å². The summed E-state index contributed by atoms with van der Waals surface area (Å²) in [7, 11) is 0. The monoisotopic (exact) mass is 485 g/mol. The predicted molar refractivity (Wildman–Crippen MR) is 143 cm³/mol. The lowest BCUT2D eigenvalue weighted by Gasteiger charge is -2.58. The van der Waals surface area contributed by atoms with Gasteiger partial charge in [-0.25, -0.2) is 0 Å². The Morgan fingerprint density at radius 2 is 2.00 bits per heavy atom. The van der Waals surface area contributed by atoms with Crippen LogP contribution in [0.25, 0.3) is 0 Å². The van der Waals surface area contributed by atoms with Gasteiger partial charge in [-0.1, -0.05) is 44.1 Å². The van der Waals surface area contributed by atoms with Crippen molar-refractivity contribution >= 4 is 0 Å². The highest BCUT2D eigenvalue weighted by Gasteiger charge is 2.59. The second kappa shape index (κ2) is 10.6. The zero-order chi connectivity index (χ0) is 24.6. The lowest BCUT2D eigenvalue weighted by Crippen LogP contribution is -2.51. The molecule has 1 saturated heterocycles. The van der Waals surface area contributed by atoms with Crippen molar-refractivity contribution in [2.24, 2.45) is 40.4 Å². The number of allylic oxidation sites excluding steroid dienone is 2. The van der Waals surface area contributed by atoms with E-state index in [1.807, 2.05) is 6.92 Å². The summed E-state index contributed by atoms with van der Waals surface area (Å²) in [5.41, 5.74) is 3.77. The highest BCUT2D eigenvalue weighted by atomic mass is 16.7. The van der Waals surface area contributed by atoms with Crippen LogP contribution in [0.4, 0.5) is 0 Å². The Hall–Kier alpha value is -0.640. The number of hydrogen-bond donors (Lipinski definition) is 1. The number of aliphatic hydroxyl groups excluding tert-OH is 1. The largest absolute Gasteiger partial charge is 0.392 e. The van der Waals surface area contributed by atoms with Gasteiger partial charge in [0.1, 0.15) is 0 Å². The van der Waals surface area contributed by atoms with Gasteiger partial charge in [-0.2, -0.15) is 0 Å². The molecule has 4 aliphatic carbocycles. The van der Waals surface area contributed by atoms with Gasteiger partial charge in [0.15, 0.2) is 6.29 Å². The molecule has 5 aliphatic rings. The average Bonchev–Trinajstić information content (AvgIpc) is 3.22. The second-order valence-corrected chi connectivity index (χ2v) is 13.5. The minimum absolute atomic E-state index is 0.0471. The van der Waals surface area contributed by atoms with Gasteiger partial charge in [-0.05, 0) is 131 Å². The van der Waals surface area contributed by atoms with Crippen LogP contribution >= 0.6 is 0 Å². The summed E-state index contributed by atoms with van der Waals surface area (Å²) in [5.74, 6) is 4.31. The predicted octanol–water partition coefficient (Wildman–Crippen LogP) is 7.83. The quantitative estimate of drug-likeness (QED) is 0.295. The highest BCUT2D eigenvalue weighted by molar-refractivity contribution is 5.25. The average molecular weight is 486 g/mol. The SMILES string of the molecule is C[C@H](CC/C=C(\[13CH3])CO)[C@H]1CC[C@H]2[C@@H]3CC=C4C[C@@H](OC5CCCCO5)CC[C@]4(C)[C@H]3CC[C@]12C. The molecule has 5 rings (SSSR count). The fourth-order valence-corrected chi connectivity index (χ4v) is 9.61. The van der Waals surface area contributed by atoms with Crippen molar-refractivity contribution in [1.82, 2.24) is 0 Å². The third-order valence-electron chi connectivity index (χ3n) is 11.7. The second-order valence-electron chi connectivity index (χ2n) is 13.5. The topological polar surface area (TPSA) is 38.7 Å². The van der Waals surface area contributed by atoms with E-state index in [0.29, 0.717) is 16.9 Å². The zero-order valence-electron chi connectivity index (χ0n) is 23.1. The summed E-state index contributed by atoms with van der Waals surface area (Å²) < 4.78 is 12.4. The summed E-state index contributed by atoms with van der Waals surface area (Å²) >= 11 is 0. The first kappa shape index (κ1) is 26.0. The first-order valence-corrected chi connectivity index (χ1v) is 15.1. The van der Waals surface area contributed by atoms with Crippen molar-refractivity contribution in [3.8, 4) is 0 Å². The number of rotatable bonds is 7. The van der Waals surface area contributed by atoms with E-state index in [4.69, 9.17) is 9.47 Å². The Morgan fingerprint density at radius 3 is 2.77 bits per heavy atom. The van der Waals surface area contributed by atoms with Crippen LogP contribution in [0.5, 0.6) is 0 Å². The van der Waals surface area contributed by atoms with E-state index in [1.165, 1.54) is 64.2 Å². The van der Waals surface area contributed by atoms with Crippen molar-refractivity contribution in [3.05, 3.63) is 23.3 Å². The van der Waals surface area contributed by atoms with Crippen LogP contribution in [0, 0.1) is 40.4 Å². The summed E-state index contributed by atoms with van der Waals surface area (Å²) in [4.78, 5) is 0. The molecule has 0 aromatic rings. The van der Waals surface area contributed by atoms with Crippen LogP contribution in [0.1, 0.15) is 111 Å². The maximum atomic E-state index is 9.32. The molecular weight excluding hydrogens is 433 g/mol. The smallest absolute Gasteiger partial charge is 0.157 e. The Labute approximate surface area is 215 Å². The molecule has 1 aliphatic heterocycles.